The number of nitrogens with one attached hydrogen (secondary N) is 1. The van der Waals surface area contributed by atoms with Gasteiger partial charge in [0.25, 0.3) is 11.4 Å². The molecule has 0 unspecified atom stereocenters. The molecule has 1 N–H and O–H groups in total. The number of hydrogen-bond donors (Lipinski definition) is 1. The summed E-state index contributed by atoms with van der Waals surface area (Å²) in [4.78, 5) is 12.2. The molecule has 5 heteroatoms. The maximum Gasteiger partial charge on any atom is 0.270 e. The molecular weight excluding hydrogens is 292 g/mol. The third-order valence-electron chi connectivity index (χ3n) is 5.59. The van der Waals surface area contributed by atoms with Crippen LogP contribution in [-0.4, -0.2) is 23.7 Å². The number of nitro benzene ring substituents is 1. The number of rotatable bonds is 2. The molecule has 2 fully saturated rings. The third-order valence-corrected chi connectivity index (χ3v) is 5.59. The summed E-state index contributed by atoms with van der Waals surface area (Å²) in [7, 11) is 0. The Bertz CT molecular complexity index is 664. The first-order valence-electron chi connectivity index (χ1n) is 8.73. The average Bonchev–Trinajstić information content (AvgIpc) is 2.60. The monoisotopic (exact) mass is 315 g/mol. The van der Waals surface area contributed by atoms with E-state index >= 15 is 0 Å². The van der Waals surface area contributed by atoms with Gasteiger partial charge in [0.15, 0.2) is 0 Å². The molecule has 2 heterocycles. The summed E-state index contributed by atoms with van der Waals surface area (Å²) >= 11 is 0. The van der Waals surface area contributed by atoms with Crippen molar-refractivity contribution in [2.75, 3.05) is 13.1 Å². The van der Waals surface area contributed by atoms with E-state index in [1.165, 1.54) is 50.8 Å². The van der Waals surface area contributed by atoms with Gasteiger partial charge in [-0.1, -0.05) is 0 Å². The maximum absolute atomic E-state index is 11.0. The van der Waals surface area contributed by atoms with E-state index in [-0.39, 0.29) is 16.3 Å². The molecule has 1 aromatic rings. The first-order chi connectivity index (χ1) is 11.2. The Balaban J connectivity index is 1.75. The minimum atomic E-state index is -0.336. The smallest absolute Gasteiger partial charge is 0.270 e. The van der Waals surface area contributed by atoms with Gasteiger partial charge in [-0.05, 0) is 50.7 Å². The number of nitrogens with zero attached hydrogens (tertiary/aromatic N) is 1. The van der Waals surface area contributed by atoms with Gasteiger partial charge in [0, 0.05) is 29.7 Å². The van der Waals surface area contributed by atoms with Gasteiger partial charge in [-0.15, -0.1) is 0 Å². The molecule has 0 amide bonds. The molecule has 4 rings (SSSR count). The van der Waals surface area contributed by atoms with Gasteiger partial charge in [-0.3, -0.25) is 15.0 Å². The van der Waals surface area contributed by atoms with Crippen LogP contribution in [0.25, 0.3) is 6.08 Å². The van der Waals surface area contributed by atoms with Crippen molar-refractivity contribution in [1.82, 2.24) is 0 Å². The van der Waals surface area contributed by atoms with Crippen LogP contribution in [0.2, 0.25) is 0 Å². The van der Waals surface area contributed by atoms with Gasteiger partial charge in [0.05, 0.1) is 18.0 Å². The van der Waals surface area contributed by atoms with E-state index in [9.17, 15) is 10.1 Å². The van der Waals surface area contributed by atoms with Crippen molar-refractivity contribution in [3.05, 3.63) is 39.4 Å². The van der Waals surface area contributed by atoms with Crippen LogP contribution in [0.5, 0.6) is 5.75 Å². The van der Waals surface area contributed by atoms with Crippen molar-refractivity contribution in [1.29, 1.82) is 0 Å². The van der Waals surface area contributed by atoms with E-state index in [2.05, 4.69) is 6.08 Å². The van der Waals surface area contributed by atoms with Crippen molar-refractivity contribution < 1.29 is 14.6 Å². The van der Waals surface area contributed by atoms with Crippen LogP contribution in [0.15, 0.2) is 23.8 Å². The maximum atomic E-state index is 11.0. The highest BCUT2D eigenvalue weighted by molar-refractivity contribution is 5.66. The highest BCUT2D eigenvalue weighted by Gasteiger charge is 2.50. The van der Waals surface area contributed by atoms with E-state index in [1.54, 1.807) is 23.1 Å². The molecule has 1 saturated heterocycles. The first kappa shape index (κ1) is 14.7. The number of ether oxygens (including phenoxy) is 1. The molecule has 2 aliphatic heterocycles. The molecular formula is C18H23N2O3+. The van der Waals surface area contributed by atoms with Gasteiger partial charge in [0.1, 0.15) is 5.75 Å². The molecule has 3 aliphatic rings. The number of nitro groups is 1. The van der Waals surface area contributed by atoms with Crippen LogP contribution in [0.3, 0.4) is 0 Å². The summed E-state index contributed by atoms with van der Waals surface area (Å²) in [6.45, 7) is 2.33. The third kappa shape index (κ3) is 2.43. The van der Waals surface area contributed by atoms with Crippen molar-refractivity contribution >= 4 is 11.8 Å². The van der Waals surface area contributed by atoms with Crippen LogP contribution in [-0.2, 0) is 0 Å². The lowest BCUT2D eigenvalue weighted by Gasteiger charge is -2.47. The summed E-state index contributed by atoms with van der Waals surface area (Å²) in [5.74, 6) is 0.805. The van der Waals surface area contributed by atoms with Crippen LogP contribution >= 0.6 is 0 Å². The summed E-state index contributed by atoms with van der Waals surface area (Å²) in [6.07, 6.45) is 10.5. The lowest BCUT2D eigenvalue weighted by molar-refractivity contribution is -0.972. The van der Waals surface area contributed by atoms with Crippen molar-refractivity contribution in [3.8, 4) is 5.75 Å². The Kier molecular flexibility index (Phi) is 3.60. The zero-order valence-electron chi connectivity index (χ0n) is 13.3. The summed E-state index contributed by atoms with van der Waals surface area (Å²) in [5.41, 5.74) is 2.12. The normalized spacial score (nSPS) is 27.4. The zero-order chi connectivity index (χ0) is 15.9. The number of benzene rings is 1. The number of likely N-dealkylation sites (tertiary alicyclic amines) is 1. The van der Waals surface area contributed by atoms with Crippen LogP contribution in [0.4, 0.5) is 5.69 Å². The van der Waals surface area contributed by atoms with Gasteiger partial charge < -0.3 is 4.74 Å². The number of hydrogen-bond acceptors (Lipinski definition) is 3. The Morgan fingerprint density at radius 1 is 1.13 bits per heavy atom. The molecule has 1 atom stereocenters. The summed E-state index contributed by atoms with van der Waals surface area (Å²) < 4.78 is 6.57. The summed E-state index contributed by atoms with van der Waals surface area (Å²) in [6, 6.07) is 4.98. The van der Waals surface area contributed by atoms with Gasteiger partial charge in [-0.2, -0.15) is 0 Å². The molecule has 122 valence electrons. The molecule has 0 aromatic heterocycles. The van der Waals surface area contributed by atoms with Gasteiger partial charge >= 0.3 is 0 Å². The first-order valence-corrected chi connectivity index (χ1v) is 8.73. The number of quaternary nitrogens is 1. The Morgan fingerprint density at radius 2 is 1.96 bits per heavy atom. The van der Waals surface area contributed by atoms with E-state index in [1.807, 2.05) is 0 Å². The lowest BCUT2D eigenvalue weighted by atomic mass is 9.81. The van der Waals surface area contributed by atoms with Crippen molar-refractivity contribution in [2.24, 2.45) is 0 Å². The fraction of sp³-hybridized carbons (Fsp3) is 0.556. The molecule has 0 spiro atoms. The topological polar surface area (TPSA) is 56.8 Å². The molecule has 23 heavy (non-hydrogen) atoms. The Morgan fingerprint density at radius 3 is 2.74 bits per heavy atom. The van der Waals surface area contributed by atoms with Crippen LogP contribution < -0.4 is 9.64 Å². The average molecular weight is 315 g/mol. The Hall–Kier alpha value is -1.88. The number of piperidine rings is 1. The molecule has 5 nitrogen and oxygen atoms in total. The van der Waals surface area contributed by atoms with E-state index in [0.717, 1.165) is 24.2 Å². The molecule has 0 bridgehead atoms. The fourth-order valence-electron chi connectivity index (χ4n) is 4.45. The quantitative estimate of drug-likeness (QED) is 0.674. The highest BCUT2D eigenvalue weighted by Crippen LogP contribution is 2.41. The predicted octanol–water partition coefficient (Wildman–Crippen LogP) is 2.71. The second-order valence-electron chi connectivity index (χ2n) is 6.95. The number of fused-ring (bicyclic) bond motifs is 2. The van der Waals surface area contributed by atoms with E-state index < -0.39 is 0 Å². The van der Waals surface area contributed by atoms with E-state index in [0.29, 0.717) is 0 Å². The van der Waals surface area contributed by atoms with Crippen LogP contribution in [0.1, 0.15) is 50.5 Å². The minimum absolute atomic E-state index is 0.137. The molecule has 1 aromatic carbocycles. The Labute approximate surface area is 136 Å². The van der Waals surface area contributed by atoms with Crippen LogP contribution in [0, 0.1) is 10.1 Å². The molecule has 1 saturated carbocycles. The number of non-ortho nitro benzene ring substituents is 1. The predicted molar refractivity (Wildman–Crippen MR) is 87.4 cm³/mol. The highest BCUT2D eigenvalue weighted by atomic mass is 16.6. The minimum Gasteiger partial charge on any atom is -0.436 e. The second-order valence-corrected chi connectivity index (χ2v) is 6.95. The van der Waals surface area contributed by atoms with E-state index in [4.69, 9.17) is 4.74 Å². The summed E-state index contributed by atoms with van der Waals surface area (Å²) in [5, 5.41) is 11.0. The largest absolute Gasteiger partial charge is 0.436 e. The lowest BCUT2D eigenvalue weighted by Crippen LogP contribution is -3.22. The van der Waals surface area contributed by atoms with Crippen molar-refractivity contribution in [2.45, 2.75) is 50.7 Å². The van der Waals surface area contributed by atoms with Gasteiger partial charge in [-0.25, -0.2) is 0 Å². The molecule has 0 radical (unpaired) electrons. The zero-order valence-corrected chi connectivity index (χ0v) is 13.3. The second kappa shape index (κ2) is 5.64. The molecule has 1 aliphatic carbocycles. The standard InChI is InChI=1S/C18H22N2O3/c21-20(22)16-7-8-17-14(13-16)12-15-6-2-3-9-18(15,23-17)19-10-4-1-5-11-19/h7-8,12-13H,1-6,9-11H2/p+1/t18-/m1/s1. The fourth-order valence-corrected chi connectivity index (χ4v) is 4.45. The van der Waals surface area contributed by atoms with Crippen molar-refractivity contribution in [3.63, 3.8) is 0 Å². The SMILES string of the molecule is O=[N+]([O-])c1ccc2c(c1)C=C1CCCC[C@@]1([NH+]1CCCCC1)O2. The van der Waals surface area contributed by atoms with Gasteiger partial charge in [0.2, 0.25) is 0 Å².